The summed E-state index contributed by atoms with van der Waals surface area (Å²) in [4.78, 5) is 15.1. The molecule has 0 aromatic carbocycles. The zero-order valence-electron chi connectivity index (χ0n) is 13.3. The summed E-state index contributed by atoms with van der Waals surface area (Å²) in [6, 6.07) is 0. The summed E-state index contributed by atoms with van der Waals surface area (Å²) in [5.74, 6) is -5.35. The van der Waals surface area contributed by atoms with E-state index >= 15 is 0 Å². The van der Waals surface area contributed by atoms with Crippen molar-refractivity contribution in [1.82, 2.24) is 0 Å². The number of carbonyl (C=O) groups is 1. The molecular formula is C14H20ClF2NO5S. The highest BCUT2D eigenvalue weighted by Crippen LogP contribution is 2.31. The number of hydrogen-bond acceptors (Lipinski definition) is 7. The monoisotopic (exact) mass is 387 g/mol. The van der Waals surface area contributed by atoms with E-state index in [4.69, 9.17) is 25.8 Å². The summed E-state index contributed by atoms with van der Waals surface area (Å²) in [7, 11) is 0. The number of hydrogen-bond donors (Lipinski definition) is 0. The molecule has 0 unspecified atom stereocenters. The van der Waals surface area contributed by atoms with Gasteiger partial charge in [-0.15, -0.1) is 0 Å². The van der Waals surface area contributed by atoms with Gasteiger partial charge in [0.1, 0.15) is 6.61 Å². The van der Waals surface area contributed by atoms with Crippen molar-refractivity contribution < 1.29 is 32.5 Å². The van der Waals surface area contributed by atoms with Crippen LogP contribution in [0.15, 0.2) is 16.0 Å². The van der Waals surface area contributed by atoms with Crippen LogP contribution in [0.4, 0.5) is 8.78 Å². The third-order valence-electron chi connectivity index (χ3n) is 2.74. The van der Waals surface area contributed by atoms with Crippen molar-refractivity contribution in [2.45, 2.75) is 12.8 Å². The first-order chi connectivity index (χ1) is 11.5. The normalized spacial score (nSPS) is 15.0. The van der Waals surface area contributed by atoms with Crippen LogP contribution < -0.4 is 0 Å². The van der Waals surface area contributed by atoms with Crippen LogP contribution in [-0.2, 0) is 23.7 Å². The molecule has 1 rings (SSSR count). The Balaban J connectivity index is 2.11. The fourth-order valence-electron chi connectivity index (χ4n) is 1.51. The summed E-state index contributed by atoms with van der Waals surface area (Å²) >= 11 is 6.40. The lowest BCUT2D eigenvalue weighted by atomic mass is 10.1. The Kier molecular flexibility index (Phi) is 10.4. The molecule has 1 aliphatic rings. The van der Waals surface area contributed by atoms with Crippen LogP contribution in [0, 0.1) is 0 Å². The van der Waals surface area contributed by atoms with Gasteiger partial charge in [-0.3, -0.25) is 4.99 Å². The van der Waals surface area contributed by atoms with Crippen molar-refractivity contribution in [3.63, 3.8) is 0 Å². The topological polar surface area (TPSA) is 66.3 Å². The number of rotatable bonds is 12. The Morgan fingerprint density at radius 2 is 1.79 bits per heavy atom. The summed E-state index contributed by atoms with van der Waals surface area (Å²) in [6.45, 7) is 3.51. The van der Waals surface area contributed by atoms with Crippen molar-refractivity contribution in [3.8, 4) is 0 Å². The molecule has 10 heteroatoms. The molecule has 0 N–H and O–H groups in total. The summed E-state index contributed by atoms with van der Waals surface area (Å²) < 4.78 is 47.8. The fraction of sp³-hybridized carbons (Fsp3) is 0.714. The first-order valence-corrected chi connectivity index (χ1v) is 8.58. The van der Waals surface area contributed by atoms with Gasteiger partial charge in [0.25, 0.3) is 0 Å². The second-order valence-corrected chi connectivity index (χ2v) is 5.90. The predicted molar refractivity (Wildman–Crippen MR) is 87.9 cm³/mol. The van der Waals surface area contributed by atoms with Crippen molar-refractivity contribution in [2.24, 2.45) is 4.99 Å². The van der Waals surface area contributed by atoms with Crippen molar-refractivity contribution in [3.05, 3.63) is 11.0 Å². The number of aliphatic imine (C=N–C) groups is 1. The Bertz CT molecular complexity index is 462. The minimum atomic E-state index is -3.73. The molecule has 1 heterocycles. The quantitative estimate of drug-likeness (QED) is 0.378. The predicted octanol–water partition coefficient (Wildman–Crippen LogP) is 2.46. The highest BCUT2D eigenvalue weighted by molar-refractivity contribution is 8.19. The third kappa shape index (κ3) is 7.89. The van der Waals surface area contributed by atoms with Gasteiger partial charge < -0.3 is 18.9 Å². The first-order valence-electron chi connectivity index (χ1n) is 7.32. The van der Waals surface area contributed by atoms with E-state index in [0.29, 0.717) is 26.4 Å². The van der Waals surface area contributed by atoms with Gasteiger partial charge in [-0.1, -0.05) is 23.4 Å². The van der Waals surface area contributed by atoms with Crippen LogP contribution in [0.3, 0.4) is 0 Å². The molecule has 0 saturated heterocycles. The van der Waals surface area contributed by atoms with E-state index in [1.165, 1.54) is 0 Å². The molecule has 1 aliphatic heterocycles. The van der Waals surface area contributed by atoms with E-state index < -0.39 is 17.5 Å². The zero-order chi connectivity index (χ0) is 17.8. The summed E-state index contributed by atoms with van der Waals surface area (Å²) in [6.07, 6.45) is 0. The number of ether oxygens (including phenoxy) is 4. The Morgan fingerprint density at radius 1 is 1.21 bits per heavy atom. The Labute approximate surface area is 148 Å². The smallest absolute Gasteiger partial charge is 0.381 e. The average molecular weight is 388 g/mol. The molecule has 0 atom stereocenters. The van der Waals surface area contributed by atoms with Crippen LogP contribution >= 0.6 is 23.4 Å². The minimum absolute atomic E-state index is 0.00835. The molecule has 0 spiro atoms. The van der Waals surface area contributed by atoms with Gasteiger partial charge in [0.15, 0.2) is 4.50 Å². The standard InChI is InChI=1S/C14H20ClF2NO5S/c1-2-20-3-4-21-5-6-22-7-8-23-12(19)14(16,17)11-9-18-13(15)24-10-11/h10H,2-9H2,1H3. The van der Waals surface area contributed by atoms with E-state index in [1.54, 1.807) is 0 Å². The SMILES string of the molecule is CCOCCOCCOCCOC(=O)C(F)(F)C1=CSC(Cl)=NC1. The number of thioether (sulfide) groups is 1. The third-order valence-corrected chi connectivity index (χ3v) is 3.85. The summed E-state index contributed by atoms with van der Waals surface area (Å²) in [5.41, 5.74) is -0.439. The van der Waals surface area contributed by atoms with E-state index in [-0.39, 0.29) is 30.9 Å². The van der Waals surface area contributed by atoms with E-state index in [1.807, 2.05) is 6.92 Å². The molecule has 0 radical (unpaired) electrons. The number of carbonyl (C=O) groups excluding carboxylic acids is 1. The molecule has 0 bridgehead atoms. The number of esters is 1. The summed E-state index contributed by atoms with van der Waals surface area (Å²) in [5, 5.41) is 1.12. The molecular weight excluding hydrogens is 368 g/mol. The van der Waals surface area contributed by atoms with Crippen LogP contribution in [-0.4, -0.2) is 69.2 Å². The van der Waals surface area contributed by atoms with Gasteiger partial charge >= 0.3 is 11.9 Å². The second-order valence-electron chi connectivity index (χ2n) is 4.46. The molecule has 138 valence electrons. The van der Waals surface area contributed by atoms with E-state index in [9.17, 15) is 13.6 Å². The first kappa shape index (κ1) is 21.3. The zero-order valence-corrected chi connectivity index (χ0v) is 14.8. The van der Waals surface area contributed by atoms with Crippen LogP contribution in [0.5, 0.6) is 0 Å². The number of alkyl halides is 2. The lowest BCUT2D eigenvalue weighted by Crippen LogP contribution is -2.35. The van der Waals surface area contributed by atoms with E-state index in [2.05, 4.69) is 9.73 Å². The highest BCUT2D eigenvalue weighted by atomic mass is 35.5. The second kappa shape index (κ2) is 11.8. The Hall–Kier alpha value is -0.740. The maximum Gasteiger partial charge on any atom is 0.381 e. The van der Waals surface area contributed by atoms with Gasteiger partial charge in [-0.25, -0.2) is 4.79 Å². The van der Waals surface area contributed by atoms with Crippen molar-refractivity contribution >= 4 is 33.8 Å². The average Bonchev–Trinajstić information content (AvgIpc) is 2.56. The largest absolute Gasteiger partial charge is 0.459 e. The molecule has 0 saturated carbocycles. The van der Waals surface area contributed by atoms with Crippen molar-refractivity contribution in [1.29, 1.82) is 0 Å². The van der Waals surface area contributed by atoms with Gasteiger partial charge in [-0.05, 0) is 12.3 Å². The molecule has 0 amide bonds. The van der Waals surface area contributed by atoms with Gasteiger partial charge in [0.2, 0.25) is 0 Å². The molecule has 24 heavy (non-hydrogen) atoms. The fourth-order valence-corrected chi connectivity index (χ4v) is 2.31. The van der Waals surface area contributed by atoms with E-state index in [0.717, 1.165) is 17.2 Å². The molecule has 6 nitrogen and oxygen atoms in total. The van der Waals surface area contributed by atoms with Crippen LogP contribution in [0.1, 0.15) is 6.92 Å². The molecule has 0 fully saturated rings. The molecule has 0 aromatic rings. The molecule has 0 aromatic heterocycles. The van der Waals surface area contributed by atoms with Gasteiger partial charge in [0.05, 0.1) is 39.6 Å². The lowest BCUT2D eigenvalue weighted by Gasteiger charge is -2.19. The number of nitrogens with zero attached hydrogens (tertiary/aromatic N) is 1. The van der Waals surface area contributed by atoms with Crippen LogP contribution in [0.25, 0.3) is 0 Å². The van der Waals surface area contributed by atoms with Crippen molar-refractivity contribution in [2.75, 3.05) is 52.8 Å². The number of halogens is 3. The lowest BCUT2D eigenvalue weighted by molar-refractivity contribution is -0.168. The molecule has 0 aliphatic carbocycles. The van der Waals surface area contributed by atoms with Gasteiger partial charge in [0, 0.05) is 12.2 Å². The maximum absolute atomic E-state index is 13.9. The maximum atomic E-state index is 13.9. The van der Waals surface area contributed by atoms with Crippen LogP contribution in [0.2, 0.25) is 0 Å². The highest BCUT2D eigenvalue weighted by Gasteiger charge is 2.45. The van der Waals surface area contributed by atoms with Gasteiger partial charge in [-0.2, -0.15) is 8.78 Å². The minimum Gasteiger partial charge on any atom is -0.459 e. The Morgan fingerprint density at radius 3 is 2.33 bits per heavy atom.